The van der Waals surface area contributed by atoms with Crippen LogP contribution < -0.4 is 4.72 Å². The minimum absolute atomic E-state index is 0.0391. The second-order valence-electron chi connectivity index (χ2n) is 11.5. The molecule has 1 N–H and O–H groups in total. The number of hydrogen-bond donors (Lipinski definition) is 1. The maximum atomic E-state index is 14.0. The van der Waals surface area contributed by atoms with E-state index < -0.39 is 36.1 Å². The number of ether oxygens (including phenoxy) is 1. The molecule has 1 aliphatic rings. The van der Waals surface area contributed by atoms with E-state index in [4.69, 9.17) is 18.3 Å². The van der Waals surface area contributed by atoms with Gasteiger partial charge in [0.1, 0.15) is 12.6 Å². The van der Waals surface area contributed by atoms with Crippen LogP contribution in [-0.2, 0) is 64.1 Å². The van der Waals surface area contributed by atoms with Gasteiger partial charge in [-0.3, -0.25) is 18.4 Å². The van der Waals surface area contributed by atoms with Crippen molar-refractivity contribution in [2.45, 2.75) is 57.6 Å². The zero-order valence-corrected chi connectivity index (χ0v) is 28.3. The molecule has 4 aromatic carbocycles. The summed E-state index contributed by atoms with van der Waals surface area (Å²) in [6.45, 7) is -0.210. The second kappa shape index (κ2) is 17.6. The van der Waals surface area contributed by atoms with Crippen molar-refractivity contribution in [3.8, 4) is 0 Å². The molecule has 0 spiro atoms. The van der Waals surface area contributed by atoms with Gasteiger partial charge in [-0.15, -0.1) is 0 Å². The van der Waals surface area contributed by atoms with Crippen molar-refractivity contribution in [1.82, 2.24) is 9.03 Å². The van der Waals surface area contributed by atoms with Crippen LogP contribution in [0.25, 0.3) is 0 Å². The molecule has 2 atom stereocenters. The number of phosphoric acid groups is 1. The fraction of sp³-hybridized carbons (Fsp3) is 0.306. The normalized spacial score (nSPS) is 16.3. The Hall–Kier alpha value is -3.67. The Morgan fingerprint density at radius 3 is 1.71 bits per heavy atom. The molecule has 0 aliphatic carbocycles. The molecule has 0 saturated carbocycles. The molecule has 1 fully saturated rings. The zero-order chi connectivity index (χ0) is 33.7. The SMILES string of the molecule is O=C(OCc1ccccc1)[C@@H]1CCCCN1S(=O)(=O)N[C@@H](COP(=O)(OCc1ccccc1)OCc1ccccc1)Cc1ccccc1. The lowest BCUT2D eigenvalue weighted by molar-refractivity contribution is -0.150. The van der Waals surface area contributed by atoms with Crippen molar-refractivity contribution in [3.63, 3.8) is 0 Å². The number of nitrogens with one attached hydrogen (secondary N) is 1. The molecule has 1 heterocycles. The van der Waals surface area contributed by atoms with Gasteiger partial charge in [0.15, 0.2) is 0 Å². The number of nitrogens with zero attached hydrogens (tertiary/aromatic N) is 1. The zero-order valence-electron chi connectivity index (χ0n) is 26.6. The molecule has 48 heavy (non-hydrogen) atoms. The van der Waals surface area contributed by atoms with Gasteiger partial charge in [-0.25, -0.2) is 4.57 Å². The summed E-state index contributed by atoms with van der Waals surface area (Å²) in [5.74, 6) is -0.604. The molecule has 5 rings (SSSR count). The summed E-state index contributed by atoms with van der Waals surface area (Å²) in [5.41, 5.74) is 3.17. The summed E-state index contributed by atoms with van der Waals surface area (Å²) in [4.78, 5) is 13.2. The van der Waals surface area contributed by atoms with Crippen molar-refractivity contribution >= 4 is 24.0 Å². The highest BCUT2D eigenvalue weighted by Crippen LogP contribution is 2.51. The molecule has 12 heteroatoms. The van der Waals surface area contributed by atoms with Gasteiger partial charge in [0.2, 0.25) is 0 Å². The van der Waals surface area contributed by atoms with E-state index in [2.05, 4.69) is 4.72 Å². The first kappa shape index (κ1) is 35.6. The molecule has 0 unspecified atom stereocenters. The topological polar surface area (TPSA) is 120 Å². The van der Waals surface area contributed by atoms with Crippen LogP contribution in [0.15, 0.2) is 121 Å². The number of piperidine rings is 1. The third-order valence-corrected chi connectivity index (χ3v) is 10.8. The van der Waals surface area contributed by atoms with E-state index in [1.807, 2.05) is 121 Å². The highest BCUT2D eigenvalue weighted by molar-refractivity contribution is 7.87. The third-order valence-electron chi connectivity index (χ3n) is 7.80. The van der Waals surface area contributed by atoms with Gasteiger partial charge in [0.25, 0.3) is 10.2 Å². The van der Waals surface area contributed by atoms with Crippen LogP contribution in [0.3, 0.4) is 0 Å². The summed E-state index contributed by atoms with van der Waals surface area (Å²) >= 11 is 0. The van der Waals surface area contributed by atoms with Gasteiger partial charge >= 0.3 is 13.8 Å². The lowest BCUT2D eigenvalue weighted by Gasteiger charge is -2.34. The average Bonchev–Trinajstić information content (AvgIpc) is 3.13. The van der Waals surface area contributed by atoms with Crippen LogP contribution in [0, 0.1) is 0 Å². The number of carbonyl (C=O) groups is 1. The quantitative estimate of drug-likeness (QED) is 0.0973. The van der Waals surface area contributed by atoms with Gasteiger partial charge in [-0.05, 0) is 47.9 Å². The van der Waals surface area contributed by atoms with Crippen LogP contribution in [0.2, 0.25) is 0 Å². The van der Waals surface area contributed by atoms with E-state index in [1.165, 1.54) is 4.31 Å². The lowest BCUT2D eigenvalue weighted by Crippen LogP contribution is -2.55. The van der Waals surface area contributed by atoms with E-state index in [0.29, 0.717) is 19.3 Å². The monoisotopic (exact) mass is 692 g/mol. The molecule has 0 radical (unpaired) electrons. The van der Waals surface area contributed by atoms with Crippen molar-refractivity contribution in [2.24, 2.45) is 0 Å². The Labute approximate surface area is 282 Å². The Morgan fingerprint density at radius 2 is 1.19 bits per heavy atom. The lowest BCUT2D eigenvalue weighted by atomic mass is 10.1. The smallest absolute Gasteiger partial charge is 0.460 e. The Kier molecular flexibility index (Phi) is 13.1. The van der Waals surface area contributed by atoms with Crippen LogP contribution in [0.5, 0.6) is 0 Å². The number of benzene rings is 4. The third kappa shape index (κ3) is 10.9. The number of hydrogen-bond acceptors (Lipinski definition) is 8. The van der Waals surface area contributed by atoms with E-state index >= 15 is 0 Å². The molecule has 254 valence electrons. The van der Waals surface area contributed by atoms with E-state index in [0.717, 1.165) is 22.3 Å². The number of rotatable bonds is 17. The minimum Gasteiger partial charge on any atom is -0.460 e. The predicted octanol–water partition coefficient (Wildman–Crippen LogP) is 6.59. The second-order valence-corrected chi connectivity index (χ2v) is 14.8. The van der Waals surface area contributed by atoms with Crippen molar-refractivity contribution in [3.05, 3.63) is 144 Å². The maximum absolute atomic E-state index is 14.0. The Balaban J connectivity index is 1.31. The highest BCUT2D eigenvalue weighted by Gasteiger charge is 2.39. The van der Waals surface area contributed by atoms with Crippen molar-refractivity contribution in [1.29, 1.82) is 0 Å². The van der Waals surface area contributed by atoms with Crippen LogP contribution in [0.4, 0.5) is 0 Å². The first-order valence-corrected chi connectivity index (χ1v) is 18.8. The van der Waals surface area contributed by atoms with Crippen LogP contribution >= 0.6 is 7.82 Å². The van der Waals surface area contributed by atoms with Gasteiger partial charge in [0.05, 0.1) is 25.9 Å². The predicted molar refractivity (Wildman–Crippen MR) is 183 cm³/mol. The molecule has 1 aliphatic heterocycles. The van der Waals surface area contributed by atoms with Gasteiger partial charge < -0.3 is 4.74 Å². The number of esters is 1. The summed E-state index contributed by atoms with van der Waals surface area (Å²) in [7, 11) is -8.42. The van der Waals surface area contributed by atoms with Crippen LogP contribution in [-0.4, -0.2) is 43.9 Å². The molecular formula is C36H41N2O8PS. The van der Waals surface area contributed by atoms with E-state index in [-0.39, 0.29) is 39.4 Å². The van der Waals surface area contributed by atoms with Crippen molar-refractivity contribution in [2.75, 3.05) is 13.2 Å². The Morgan fingerprint density at radius 1 is 0.708 bits per heavy atom. The Bertz CT molecular complexity index is 1670. The minimum atomic E-state index is -4.23. The highest BCUT2D eigenvalue weighted by atomic mass is 32.2. The molecule has 4 aromatic rings. The number of phosphoric ester groups is 1. The molecular weight excluding hydrogens is 651 g/mol. The number of carbonyl (C=O) groups excluding carboxylic acids is 1. The fourth-order valence-corrected chi connectivity index (χ4v) is 8.12. The summed E-state index contributed by atoms with van der Waals surface area (Å²) in [6, 6.07) is 35.1. The molecule has 0 aromatic heterocycles. The first-order valence-electron chi connectivity index (χ1n) is 15.9. The van der Waals surface area contributed by atoms with Crippen LogP contribution in [0.1, 0.15) is 41.5 Å². The van der Waals surface area contributed by atoms with Gasteiger partial charge in [-0.1, -0.05) is 121 Å². The van der Waals surface area contributed by atoms with Crippen molar-refractivity contribution < 1.29 is 36.1 Å². The fourth-order valence-electron chi connectivity index (χ4n) is 5.31. The molecule has 0 amide bonds. The van der Waals surface area contributed by atoms with Gasteiger partial charge in [-0.2, -0.15) is 17.4 Å². The van der Waals surface area contributed by atoms with Gasteiger partial charge in [0, 0.05) is 6.54 Å². The van der Waals surface area contributed by atoms with E-state index in [1.54, 1.807) is 0 Å². The summed E-state index contributed by atoms with van der Waals surface area (Å²) in [6.07, 6.45) is 1.84. The average molecular weight is 693 g/mol. The maximum Gasteiger partial charge on any atom is 0.475 e. The molecule has 0 bridgehead atoms. The summed E-state index contributed by atoms with van der Waals surface area (Å²) in [5, 5.41) is 0. The molecule has 1 saturated heterocycles. The van der Waals surface area contributed by atoms with E-state index in [9.17, 15) is 17.8 Å². The standard InChI is InChI=1S/C36H41N2O8PS/c39-36(43-26-31-17-7-2-8-18-31)35-23-13-14-24-38(35)48(41,42)37-34(25-30-15-5-1-6-16-30)29-46-47(40,44-27-32-19-9-3-10-20-32)45-28-33-21-11-4-12-22-33/h1-12,15-22,34-35,37H,13-14,23-29H2/t34-,35+/m1/s1. The first-order chi connectivity index (χ1) is 23.3. The molecule has 10 nitrogen and oxygen atoms in total. The summed E-state index contributed by atoms with van der Waals surface area (Å²) < 4.78 is 68.7. The largest absolute Gasteiger partial charge is 0.475 e.